The van der Waals surface area contributed by atoms with E-state index >= 15 is 0 Å². The van der Waals surface area contributed by atoms with E-state index in [0.29, 0.717) is 13.1 Å². The number of carbonyl (C=O) groups is 2. The van der Waals surface area contributed by atoms with Gasteiger partial charge in [-0.2, -0.15) is 4.31 Å². The van der Waals surface area contributed by atoms with Gasteiger partial charge in [-0.15, -0.1) is 0 Å². The minimum atomic E-state index is -3.58. The lowest BCUT2D eigenvalue weighted by molar-refractivity contribution is -0.158. The first-order valence-corrected chi connectivity index (χ1v) is 9.44. The minimum absolute atomic E-state index is 0.0971. The maximum atomic E-state index is 12.4. The molecule has 1 aromatic rings. The van der Waals surface area contributed by atoms with Gasteiger partial charge in [0, 0.05) is 13.1 Å². The number of benzene rings is 1. The average Bonchev–Trinajstić information content (AvgIpc) is 2.52. The van der Waals surface area contributed by atoms with Gasteiger partial charge in [0.05, 0.1) is 10.5 Å². The Morgan fingerprint density at radius 1 is 1.04 bits per heavy atom. The average molecular weight is 371 g/mol. The smallest absolute Gasteiger partial charge is 0.344 e. The third-order valence-electron chi connectivity index (χ3n) is 3.17. The van der Waals surface area contributed by atoms with Crippen molar-refractivity contribution in [1.29, 1.82) is 0 Å². The van der Waals surface area contributed by atoms with Gasteiger partial charge in [0.1, 0.15) is 5.60 Å². The van der Waals surface area contributed by atoms with Crippen LogP contribution in [0.5, 0.6) is 0 Å². The molecule has 7 nitrogen and oxygen atoms in total. The Morgan fingerprint density at radius 2 is 1.56 bits per heavy atom. The van der Waals surface area contributed by atoms with E-state index in [1.807, 2.05) is 0 Å². The molecule has 0 atom stereocenters. The molecule has 0 saturated carbocycles. The third-order valence-corrected chi connectivity index (χ3v) is 5.24. The first-order chi connectivity index (χ1) is 11.5. The zero-order valence-electron chi connectivity index (χ0n) is 15.2. The summed E-state index contributed by atoms with van der Waals surface area (Å²) in [4.78, 5) is 23.6. The van der Waals surface area contributed by atoms with Gasteiger partial charge < -0.3 is 9.47 Å². The maximum absolute atomic E-state index is 12.4. The molecule has 0 spiro atoms. The lowest BCUT2D eigenvalue weighted by atomic mass is 10.2. The molecule has 0 unspecified atom stereocenters. The summed E-state index contributed by atoms with van der Waals surface area (Å²) in [5, 5.41) is 0. The van der Waals surface area contributed by atoms with Gasteiger partial charge in [-0.3, -0.25) is 0 Å². The number of sulfonamides is 1. The van der Waals surface area contributed by atoms with E-state index in [4.69, 9.17) is 9.47 Å². The van der Waals surface area contributed by atoms with E-state index in [1.54, 1.807) is 34.6 Å². The summed E-state index contributed by atoms with van der Waals surface area (Å²) in [5.41, 5.74) is -0.508. The summed E-state index contributed by atoms with van der Waals surface area (Å²) in [6.45, 7) is 8.85. The number of rotatable bonds is 7. The summed E-state index contributed by atoms with van der Waals surface area (Å²) in [5.74, 6) is -1.38. The van der Waals surface area contributed by atoms with Gasteiger partial charge >= 0.3 is 11.9 Å². The monoisotopic (exact) mass is 371 g/mol. The highest BCUT2D eigenvalue weighted by Gasteiger charge is 2.22. The zero-order chi connectivity index (χ0) is 19.3. The van der Waals surface area contributed by atoms with Crippen LogP contribution in [0.25, 0.3) is 0 Å². The molecule has 0 fully saturated rings. The van der Waals surface area contributed by atoms with E-state index < -0.39 is 34.2 Å². The molecule has 0 aliphatic carbocycles. The molecule has 0 aromatic heterocycles. The van der Waals surface area contributed by atoms with Crippen LogP contribution in [-0.4, -0.2) is 50.0 Å². The highest BCUT2D eigenvalue weighted by Crippen LogP contribution is 2.16. The highest BCUT2D eigenvalue weighted by molar-refractivity contribution is 7.89. The lowest BCUT2D eigenvalue weighted by Crippen LogP contribution is -2.30. The standard InChI is InChI=1S/C17H25NO6S/c1-6-18(7-2)25(21,22)14-10-8-13(9-11-14)16(20)23-12-15(19)24-17(3,4)5/h8-11H,6-7,12H2,1-5H3. The molecule has 0 bridgehead atoms. The second kappa shape index (κ2) is 8.44. The van der Waals surface area contributed by atoms with Crippen LogP contribution in [-0.2, 0) is 24.3 Å². The summed E-state index contributed by atoms with van der Waals surface area (Å²) in [7, 11) is -3.58. The van der Waals surface area contributed by atoms with Crippen LogP contribution in [0.3, 0.4) is 0 Å². The van der Waals surface area contributed by atoms with Crippen LogP contribution >= 0.6 is 0 Å². The van der Waals surface area contributed by atoms with Gasteiger partial charge in [-0.1, -0.05) is 13.8 Å². The Balaban J connectivity index is 2.76. The summed E-state index contributed by atoms with van der Waals surface area (Å²) in [6.07, 6.45) is 0. The van der Waals surface area contributed by atoms with Crippen molar-refractivity contribution < 1.29 is 27.5 Å². The van der Waals surface area contributed by atoms with Gasteiger partial charge in [0.2, 0.25) is 10.0 Å². The van der Waals surface area contributed by atoms with E-state index in [0.717, 1.165) is 0 Å². The zero-order valence-corrected chi connectivity index (χ0v) is 16.1. The summed E-state index contributed by atoms with van der Waals surface area (Å²) < 4.78 is 36.0. The largest absolute Gasteiger partial charge is 0.457 e. The van der Waals surface area contributed by atoms with Crippen molar-refractivity contribution in [3.63, 3.8) is 0 Å². The molecular weight excluding hydrogens is 346 g/mol. The van der Waals surface area contributed by atoms with Crippen LogP contribution in [0.15, 0.2) is 29.2 Å². The van der Waals surface area contributed by atoms with Crippen LogP contribution in [0, 0.1) is 0 Å². The Labute approximate surface area is 149 Å². The topological polar surface area (TPSA) is 90.0 Å². The second-order valence-corrected chi connectivity index (χ2v) is 8.21. The number of hydrogen-bond donors (Lipinski definition) is 0. The minimum Gasteiger partial charge on any atom is -0.457 e. The predicted molar refractivity (Wildman–Crippen MR) is 92.7 cm³/mol. The number of hydrogen-bond acceptors (Lipinski definition) is 6. The molecular formula is C17H25NO6S. The molecule has 0 N–H and O–H groups in total. The number of nitrogens with zero attached hydrogens (tertiary/aromatic N) is 1. The molecule has 0 aliphatic heterocycles. The summed E-state index contributed by atoms with van der Waals surface area (Å²) in [6, 6.07) is 5.40. The van der Waals surface area contributed by atoms with Crippen molar-refractivity contribution in [2.75, 3.05) is 19.7 Å². The van der Waals surface area contributed by atoms with E-state index in [2.05, 4.69) is 0 Å². The number of esters is 2. The van der Waals surface area contributed by atoms with Crippen molar-refractivity contribution >= 4 is 22.0 Å². The molecule has 0 aliphatic rings. The van der Waals surface area contributed by atoms with Crippen molar-refractivity contribution in [2.24, 2.45) is 0 Å². The van der Waals surface area contributed by atoms with Crippen molar-refractivity contribution in [2.45, 2.75) is 45.1 Å². The number of ether oxygens (including phenoxy) is 2. The van der Waals surface area contributed by atoms with Crippen LogP contribution in [0.2, 0.25) is 0 Å². The molecule has 0 amide bonds. The molecule has 1 rings (SSSR count). The Kier molecular flexibility index (Phi) is 7.13. The van der Waals surface area contributed by atoms with Crippen LogP contribution in [0.4, 0.5) is 0 Å². The van der Waals surface area contributed by atoms with Crippen molar-refractivity contribution in [1.82, 2.24) is 4.31 Å². The first-order valence-electron chi connectivity index (χ1n) is 8.00. The SMILES string of the molecule is CCN(CC)S(=O)(=O)c1ccc(C(=O)OCC(=O)OC(C)(C)C)cc1. The third kappa shape index (κ3) is 6.13. The Hall–Kier alpha value is -1.93. The van der Waals surface area contributed by atoms with Crippen LogP contribution < -0.4 is 0 Å². The molecule has 0 saturated heterocycles. The van der Waals surface area contributed by atoms with Gasteiger partial charge in [0.15, 0.2) is 6.61 Å². The van der Waals surface area contributed by atoms with E-state index in [9.17, 15) is 18.0 Å². The Morgan fingerprint density at radius 3 is 2.00 bits per heavy atom. The van der Waals surface area contributed by atoms with Gasteiger partial charge in [0.25, 0.3) is 0 Å². The second-order valence-electron chi connectivity index (χ2n) is 6.28. The van der Waals surface area contributed by atoms with Crippen molar-refractivity contribution in [3.8, 4) is 0 Å². The highest BCUT2D eigenvalue weighted by atomic mass is 32.2. The normalized spacial score (nSPS) is 12.1. The molecule has 1 aromatic carbocycles. The molecule has 8 heteroatoms. The molecule has 25 heavy (non-hydrogen) atoms. The lowest BCUT2D eigenvalue weighted by Gasteiger charge is -2.19. The van der Waals surface area contributed by atoms with Crippen molar-refractivity contribution in [3.05, 3.63) is 29.8 Å². The van der Waals surface area contributed by atoms with E-state index in [-0.39, 0.29) is 10.5 Å². The maximum Gasteiger partial charge on any atom is 0.344 e. The fourth-order valence-electron chi connectivity index (χ4n) is 2.05. The fraction of sp³-hybridized carbons (Fsp3) is 0.529. The quantitative estimate of drug-likeness (QED) is 0.683. The van der Waals surface area contributed by atoms with Crippen LogP contribution in [0.1, 0.15) is 45.0 Å². The molecule has 140 valence electrons. The molecule has 0 radical (unpaired) electrons. The van der Waals surface area contributed by atoms with E-state index in [1.165, 1.54) is 28.6 Å². The number of carbonyl (C=O) groups excluding carboxylic acids is 2. The Bertz CT molecular complexity index is 700. The molecule has 0 heterocycles. The van der Waals surface area contributed by atoms with Gasteiger partial charge in [-0.05, 0) is 45.0 Å². The van der Waals surface area contributed by atoms with Gasteiger partial charge in [-0.25, -0.2) is 18.0 Å². The predicted octanol–water partition coefficient (Wildman–Crippen LogP) is 2.22. The summed E-state index contributed by atoms with van der Waals surface area (Å²) >= 11 is 0. The fourth-order valence-corrected chi connectivity index (χ4v) is 3.51. The first kappa shape index (κ1) is 21.1.